The average Bonchev–Trinajstić information content (AvgIpc) is 3.10. The molecule has 1 aliphatic rings. The van der Waals surface area contributed by atoms with Crippen molar-refractivity contribution in [3.8, 4) is 5.69 Å². The third kappa shape index (κ3) is 4.33. The maximum absolute atomic E-state index is 12.6. The second-order valence-corrected chi connectivity index (χ2v) is 9.54. The topological polar surface area (TPSA) is 49.6 Å². The molecule has 170 valence electrons. The van der Waals surface area contributed by atoms with Crippen molar-refractivity contribution >= 4 is 35.0 Å². The van der Waals surface area contributed by atoms with Crippen LogP contribution in [-0.2, 0) is 0 Å². The lowest BCUT2D eigenvalue weighted by atomic mass is 9.88. The number of aromatic nitrogens is 1. The van der Waals surface area contributed by atoms with Crippen molar-refractivity contribution in [1.82, 2.24) is 9.99 Å². The minimum atomic E-state index is -0.273. The minimum Gasteiger partial charge on any atom is -0.365 e. The highest BCUT2D eigenvalue weighted by molar-refractivity contribution is 6.33. The van der Waals surface area contributed by atoms with E-state index in [0.29, 0.717) is 10.6 Å². The van der Waals surface area contributed by atoms with Gasteiger partial charge in [-0.05, 0) is 88.7 Å². The number of nitrogens with one attached hydrogen (secondary N) is 1. The van der Waals surface area contributed by atoms with Gasteiger partial charge in [-0.15, -0.1) is 0 Å². The molecule has 6 heteroatoms. The van der Waals surface area contributed by atoms with Crippen LogP contribution >= 0.6 is 11.6 Å². The maximum atomic E-state index is 12.6. The van der Waals surface area contributed by atoms with Crippen LogP contribution in [0.4, 0.5) is 5.69 Å². The molecule has 3 aromatic rings. The first kappa shape index (κ1) is 22.9. The molecule has 1 amide bonds. The summed E-state index contributed by atoms with van der Waals surface area (Å²) < 4.78 is 2.15. The Bertz CT molecular complexity index is 1260. The number of anilines is 1. The summed E-state index contributed by atoms with van der Waals surface area (Å²) in [4.78, 5) is 14.8. The second-order valence-electron chi connectivity index (χ2n) is 9.13. The van der Waals surface area contributed by atoms with Crippen LogP contribution in [-0.4, -0.2) is 29.3 Å². The number of fused-ring (bicyclic) bond motifs is 1. The van der Waals surface area contributed by atoms with Gasteiger partial charge < -0.3 is 9.47 Å². The molecule has 5 nitrogen and oxygen atoms in total. The van der Waals surface area contributed by atoms with E-state index in [-0.39, 0.29) is 11.4 Å². The monoisotopic (exact) mass is 460 g/mol. The highest BCUT2D eigenvalue weighted by Crippen LogP contribution is 2.40. The van der Waals surface area contributed by atoms with Crippen molar-refractivity contribution in [3.63, 3.8) is 0 Å². The predicted octanol–water partition coefficient (Wildman–Crippen LogP) is 6.14. The predicted molar refractivity (Wildman–Crippen MR) is 138 cm³/mol. The van der Waals surface area contributed by atoms with E-state index in [1.54, 1.807) is 18.3 Å². The number of amides is 1. The number of nitrogens with zero attached hydrogens (tertiary/aromatic N) is 3. The van der Waals surface area contributed by atoms with Crippen molar-refractivity contribution < 1.29 is 4.79 Å². The number of aryl methyl sites for hydroxylation is 2. The fourth-order valence-electron chi connectivity index (χ4n) is 4.35. The van der Waals surface area contributed by atoms with Crippen LogP contribution in [0.1, 0.15) is 53.6 Å². The normalized spacial score (nSPS) is 14.9. The molecular weight excluding hydrogens is 432 g/mol. The molecule has 0 unspecified atom stereocenters. The molecule has 1 N–H and O–H groups in total. The summed E-state index contributed by atoms with van der Waals surface area (Å²) in [5.41, 5.74) is 10.5. The zero-order chi connectivity index (χ0) is 23.9. The molecule has 0 atom stereocenters. The van der Waals surface area contributed by atoms with Gasteiger partial charge in [0.05, 0.1) is 16.8 Å². The smallest absolute Gasteiger partial charge is 0.271 e. The van der Waals surface area contributed by atoms with E-state index in [9.17, 15) is 4.79 Å². The Morgan fingerprint density at radius 3 is 2.30 bits per heavy atom. The Morgan fingerprint density at radius 2 is 1.67 bits per heavy atom. The van der Waals surface area contributed by atoms with Crippen LogP contribution in [0.25, 0.3) is 11.3 Å². The molecule has 2 heterocycles. The first-order valence-corrected chi connectivity index (χ1v) is 11.3. The number of likely N-dealkylation sites (N-methyl/N-ethyl adjacent to an activating group) is 1. The number of benzene rings is 2. The van der Waals surface area contributed by atoms with Crippen molar-refractivity contribution in [2.24, 2.45) is 5.10 Å². The molecule has 4 rings (SSSR count). The summed E-state index contributed by atoms with van der Waals surface area (Å²) >= 11 is 6.54. The Hall–Kier alpha value is -3.31. The standard InChI is InChI=1S/C27H29ClN4O/c1-17-15-27(4,5)31(6)25-14-24(28)21(13-23(17)25)16-29-30-26(33)20-9-11-22(12-10-20)32-18(2)7-8-19(32)3/h7-16H,1-6H3,(H,30,33)/b29-16-. The van der Waals surface area contributed by atoms with Crippen LogP contribution in [0.5, 0.6) is 0 Å². The van der Waals surface area contributed by atoms with Crippen LogP contribution in [0, 0.1) is 13.8 Å². The number of halogens is 1. The van der Waals surface area contributed by atoms with Crippen molar-refractivity contribution in [2.75, 3.05) is 11.9 Å². The van der Waals surface area contributed by atoms with Gasteiger partial charge >= 0.3 is 0 Å². The van der Waals surface area contributed by atoms with E-state index >= 15 is 0 Å². The molecule has 0 bridgehead atoms. The van der Waals surface area contributed by atoms with Crippen LogP contribution in [0.3, 0.4) is 0 Å². The maximum Gasteiger partial charge on any atom is 0.271 e. The molecular formula is C27H29ClN4O. The van der Waals surface area contributed by atoms with E-state index in [4.69, 9.17) is 11.6 Å². The number of rotatable bonds is 4. The minimum absolute atomic E-state index is 0.0850. The van der Waals surface area contributed by atoms with Gasteiger partial charge in [0.2, 0.25) is 0 Å². The largest absolute Gasteiger partial charge is 0.365 e. The van der Waals surface area contributed by atoms with Crippen molar-refractivity contribution in [2.45, 2.75) is 40.2 Å². The fourth-order valence-corrected chi connectivity index (χ4v) is 4.56. The highest BCUT2D eigenvalue weighted by Gasteiger charge is 2.29. The number of hydrogen-bond acceptors (Lipinski definition) is 3. The molecule has 1 aliphatic heterocycles. The molecule has 0 fully saturated rings. The van der Waals surface area contributed by atoms with E-state index < -0.39 is 0 Å². The summed E-state index contributed by atoms with van der Waals surface area (Å²) in [6.07, 6.45) is 3.83. The zero-order valence-electron chi connectivity index (χ0n) is 19.9. The van der Waals surface area contributed by atoms with Crippen molar-refractivity contribution in [3.05, 3.63) is 87.7 Å². The lowest BCUT2D eigenvalue weighted by Crippen LogP contribution is -2.42. The van der Waals surface area contributed by atoms with E-state index in [0.717, 1.165) is 33.9 Å². The third-order valence-electron chi connectivity index (χ3n) is 6.36. The van der Waals surface area contributed by atoms with Gasteiger partial charge in [0.1, 0.15) is 0 Å². The van der Waals surface area contributed by atoms with Gasteiger partial charge in [0, 0.05) is 46.5 Å². The SMILES string of the molecule is CC1=CC(C)(C)N(C)c2cc(Cl)c(/C=N\NC(=O)c3ccc(-n4c(C)ccc4C)cc3)cc21. The number of hydrazone groups is 1. The molecule has 33 heavy (non-hydrogen) atoms. The second kappa shape index (κ2) is 8.56. The first-order chi connectivity index (χ1) is 15.6. The molecule has 0 saturated heterocycles. The summed E-state index contributed by atoms with van der Waals surface area (Å²) in [6, 6.07) is 15.6. The fraction of sp³-hybridized carbons (Fsp3) is 0.259. The molecule has 0 spiro atoms. The van der Waals surface area contributed by atoms with E-state index in [1.807, 2.05) is 24.3 Å². The van der Waals surface area contributed by atoms with Crippen LogP contribution < -0.4 is 10.3 Å². The Morgan fingerprint density at radius 1 is 1.03 bits per heavy atom. The van der Waals surface area contributed by atoms with Crippen LogP contribution in [0.2, 0.25) is 5.02 Å². The first-order valence-electron chi connectivity index (χ1n) is 10.9. The average molecular weight is 461 g/mol. The Balaban J connectivity index is 1.50. The third-order valence-corrected chi connectivity index (χ3v) is 6.69. The summed E-state index contributed by atoms with van der Waals surface area (Å²) in [5, 5.41) is 4.74. The van der Waals surface area contributed by atoms with Gasteiger partial charge in [-0.3, -0.25) is 4.79 Å². The number of hydrogen-bond donors (Lipinski definition) is 1. The number of carbonyl (C=O) groups excluding carboxylic acids is 1. The van der Waals surface area contributed by atoms with Gasteiger partial charge in [-0.1, -0.05) is 17.7 Å². The quantitative estimate of drug-likeness (QED) is 0.375. The van der Waals surface area contributed by atoms with E-state index in [1.165, 1.54) is 5.57 Å². The Kier molecular flexibility index (Phi) is 5.93. The Labute approximate surface area is 200 Å². The van der Waals surface area contributed by atoms with Crippen molar-refractivity contribution in [1.29, 1.82) is 0 Å². The van der Waals surface area contributed by atoms with Gasteiger partial charge in [-0.2, -0.15) is 5.10 Å². The summed E-state index contributed by atoms with van der Waals surface area (Å²) in [5.74, 6) is -0.273. The summed E-state index contributed by atoms with van der Waals surface area (Å²) in [7, 11) is 2.07. The number of allylic oxidation sites excluding steroid dienone is 1. The van der Waals surface area contributed by atoms with Crippen LogP contribution in [0.15, 0.2) is 59.7 Å². The van der Waals surface area contributed by atoms with Gasteiger partial charge in [0.15, 0.2) is 0 Å². The number of carbonyl (C=O) groups is 1. The van der Waals surface area contributed by atoms with Gasteiger partial charge in [0.25, 0.3) is 5.91 Å². The molecule has 2 aromatic carbocycles. The molecule has 0 aliphatic carbocycles. The zero-order valence-corrected chi connectivity index (χ0v) is 20.7. The molecule has 0 radical (unpaired) electrons. The highest BCUT2D eigenvalue weighted by atomic mass is 35.5. The lowest BCUT2D eigenvalue weighted by Gasteiger charge is -2.40. The lowest BCUT2D eigenvalue weighted by molar-refractivity contribution is 0.0955. The molecule has 0 saturated carbocycles. The summed E-state index contributed by atoms with van der Waals surface area (Å²) in [6.45, 7) is 10.6. The molecule has 1 aromatic heterocycles. The van der Waals surface area contributed by atoms with E-state index in [2.05, 4.69) is 79.9 Å². The van der Waals surface area contributed by atoms with Gasteiger partial charge in [-0.25, -0.2) is 5.43 Å².